The Bertz CT molecular complexity index is 1100. The minimum atomic E-state index is 0.284. The molecule has 2 heterocycles. The Balaban J connectivity index is 1.69. The predicted molar refractivity (Wildman–Crippen MR) is 113 cm³/mol. The molecule has 5 heteroatoms. The minimum absolute atomic E-state index is 0.284. The third kappa shape index (κ3) is 2.96. The van der Waals surface area contributed by atoms with E-state index in [2.05, 4.69) is 12.1 Å². The number of rotatable bonds is 4. The number of hydrogen-bond donors (Lipinski definition) is 0. The Morgan fingerprint density at radius 2 is 1.69 bits per heavy atom. The van der Waals surface area contributed by atoms with Crippen LogP contribution < -0.4 is 14.2 Å². The molecular formula is C24H25NO4. The minimum Gasteiger partial charge on any atom is -0.497 e. The van der Waals surface area contributed by atoms with Crippen molar-refractivity contribution in [3.8, 4) is 17.2 Å². The standard InChI is InChI=1S/C24H25NO4/c1-26-15-8-9-20-14(10-15)11-23(29-20)24-18-13-22(28-3)21(27-2)12-17(18)16-6-4-5-7-19(16)25-24/h8-13,16,19H,4-7H2,1-3H3/t16-,19-/m0/s1. The zero-order valence-corrected chi connectivity index (χ0v) is 17.0. The van der Waals surface area contributed by atoms with Crippen LogP contribution in [0.3, 0.4) is 0 Å². The topological polar surface area (TPSA) is 53.2 Å². The van der Waals surface area contributed by atoms with Crippen molar-refractivity contribution < 1.29 is 18.6 Å². The SMILES string of the molecule is COc1ccc2oc(C3=N[C@H]4CCCC[C@H]4c4cc(OC)c(OC)cc43)cc2c1. The molecule has 0 radical (unpaired) electrons. The zero-order valence-electron chi connectivity index (χ0n) is 17.0. The molecule has 2 aliphatic rings. The van der Waals surface area contributed by atoms with Crippen LogP contribution in [-0.4, -0.2) is 33.1 Å². The third-order valence-corrected chi connectivity index (χ3v) is 6.19. The van der Waals surface area contributed by atoms with Gasteiger partial charge in [-0.05, 0) is 54.8 Å². The van der Waals surface area contributed by atoms with Gasteiger partial charge in [-0.15, -0.1) is 0 Å². The smallest absolute Gasteiger partial charge is 0.161 e. The summed E-state index contributed by atoms with van der Waals surface area (Å²) in [6.45, 7) is 0. The first-order valence-electron chi connectivity index (χ1n) is 10.1. The Hall–Kier alpha value is -2.95. The molecule has 2 atom stereocenters. The van der Waals surface area contributed by atoms with Gasteiger partial charge in [0.1, 0.15) is 17.0 Å². The van der Waals surface area contributed by atoms with Gasteiger partial charge in [0.15, 0.2) is 17.3 Å². The fourth-order valence-electron chi connectivity index (χ4n) is 4.73. The maximum Gasteiger partial charge on any atom is 0.161 e. The van der Waals surface area contributed by atoms with Crippen molar-refractivity contribution in [2.24, 2.45) is 4.99 Å². The highest BCUT2D eigenvalue weighted by Crippen LogP contribution is 2.45. The largest absolute Gasteiger partial charge is 0.497 e. The summed E-state index contributed by atoms with van der Waals surface area (Å²) < 4.78 is 22.8. The van der Waals surface area contributed by atoms with E-state index in [0.29, 0.717) is 11.7 Å². The number of furan rings is 1. The number of fused-ring (bicyclic) bond motifs is 4. The average Bonchev–Trinajstić information content (AvgIpc) is 3.20. The van der Waals surface area contributed by atoms with E-state index in [1.54, 1.807) is 21.3 Å². The zero-order chi connectivity index (χ0) is 20.0. The summed E-state index contributed by atoms with van der Waals surface area (Å²) >= 11 is 0. The van der Waals surface area contributed by atoms with Gasteiger partial charge in [0, 0.05) is 16.9 Å². The van der Waals surface area contributed by atoms with Gasteiger partial charge in [0.2, 0.25) is 0 Å². The maximum absolute atomic E-state index is 6.22. The van der Waals surface area contributed by atoms with Crippen LogP contribution in [-0.2, 0) is 0 Å². The van der Waals surface area contributed by atoms with E-state index >= 15 is 0 Å². The van der Waals surface area contributed by atoms with Crippen LogP contribution in [0.5, 0.6) is 17.2 Å². The number of benzene rings is 2. The van der Waals surface area contributed by atoms with E-state index < -0.39 is 0 Å². The van der Waals surface area contributed by atoms with Gasteiger partial charge in [-0.1, -0.05) is 12.8 Å². The first-order chi connectivity index (χ1) is 14.2. The molecule has 1 aliphatic carbocycles. The molecule has 1 aliphatic heterocycles. The van der Waals surface area contributed by atoms with Gasteiger partial charge < -0.3 is 18.6 Å². The van der Waals surface area contributed by atoms with Gasteiger partial charge in [-0.2, -0.15) is 0 Å². The lowest BCUT2D eigenvalue weighted by Gasteiger charge is -2.35. The van der Waals surface area contributed by atoms with Crippen molar-refractivity contribution in [3.05, 3.63) is 53.3 Å². The summed E-state index contributed by atoms with van der Waals surface area (Å²) in [6, 6.07) is 12.4. The van der Waals surface area contributed by atoms with E-state index in [1.165, 1.54) is 18.4 Å². The second kappa shape index (κ2) is 7.14. The van der Waals surface area contributed by atoms with E-state index in [0.717, 1.165) is 52.3 Å². The Morgan fingerprint density at radius 3 is 2.48 bits per heavy atom. The summed E-state index contributed by atoms with van der Waals surface area (Å²) in [5.74, 6) is 3.50. The summed E-state index contributed by atoms with van der Waals surface area (Å²) in [5, 5.41) is 1.01. The molecule has 0 amide bonds. The monoisotopic (exact) mass is 391 g/mol. The first-order valence-corrected chi connectivity index (χ1v) is 10.1. The molecule has 5 rings (SSSR count). The molecule has 2 aromatic carbocycles. The van der Waals surface area contributed by atoms with E-state index in [9.17, 15) is 0 Å². The second-order valence-corrected chi connectivity index (χ2v) is 7.74. The van der Waals surface area contributed by atoms with E-state index in [4.69, 9.17) is 23.6 Å². The molecule has 1 fully saturated rings. The quantitative estimate of drug-likeness (QED) is 0.603. The van der Waals surface area contributed by atoms with Crippen molar-refractivity contribution in [2.75, 3.05) is 21.3 Å². The lowest BCUT2D eigenvalue weighted by atomic mass is 9.75. The number of methoxy groups -OCH3 is 3. The van der Waals surface area contributed by atoms with Crippen molar-refractivity contribution in [2.45, 2.75) is 37.6 Å². The number of aliphatic imine (C=N–C) groups is 1. The Morgan fingerprint density at radius 1 is 0.897 bits per heavy atom. The maximum atomic E-state index is 6.22. The van der Waals surface area contributed by atoms with Crippen molar-refractivity contribution >= 4 is 16.7 Å². The second-order valence-electron chi connectivity index (χ2n) is 7.74. The highest BCUT2D eigenvalue weighted by atomic mass is 16.5. The predicted octanol–water partition coefficient (Wildman–Crippen LogP) is 5.34. The van der Waals surface area contributed by atoms with Gasteiger partial charge in [0.25, 0.3) is 0 Å². The van der Waals surface area contributed by atoms with Gasteiger partial charge >= 0.3 is 0 Å². The molecule has 5 nitrogen and oxygen atoms in total. The molecule has 0 bridgehead atoms. The van der Waals surface area contributed by atoms with Gasteiger partial charge in [-0.25, -0.2) is 0 Å². The Labute approximate surface area is 170 Å². The fraction of sp³-hybridized carbons (Fsp3) is 0.375. The van der Waals surface area contributed by atoms with Crippen LogP contribution >= 0.6 is 0 Å². The van der Waals surface area contributed by atoms with Crippen LogP contribution in [0, 0.1) is 0 Å². The number of nitrogens with zero attached hydrogens (tertiary/aromatic N) is 1. The fourth-order valence-corrected chi connectivity index (χ4v) is 4.73. The molecule has 150 valence electrons. The number of hydrogen-bond acceptors (Lipinski definition) is 5. The average molecular weight is 391 g/mol. The first kappa shape index (κ1) is 18.1. The highest BCUT2D eigenvalue weighted by Gasteiger charge is 2.35. The molecule has 0 unspecified atom stereocenters. The van der Waals surface area contributed by atoms with Crippen LogP contribution in [0.15, 0.2) is 45.8 Å². The van der Waals surface area contributed by atoms with E-state index in [-0.39, 0.29) is 6.04 Å². The van der Waals surface area contributed by atoms with Crippen LogP contribution in [0.4, 0.5) is 0 Å². The van der Waals surface area contributed by atoms with Crippen LogP contribution in [0.1, 0.15) is 48.5 Å². The molecule has 3 aromatic rings. The summed E-state index contributed by atoms with van der Waals surface area (Å²) in [7, 11) is 5.03. The molecule has 1 saturated carbocycles. The summed E-state index contributed by atoms with van der Waals surface area (Å²) in [4.78, 5) is 5.18. The molecule has 29 heavy (non-hydrogen) atoms. The summed E-state index contributed by atoms with van der Waals surface area (Å²) in [5.41, 5.74) is 4.10. The van der Waals surface area contributed by atoms with Gasteiger partial charge in [-0.3, -0.25) is 4.99 Å². The molecule has 1 aromatic heterocycles. The van der Waals surface area contributed by atoms with Crippen molar-refractivity contribution in [3.63, 3.8) is 0 Å². The molecule has 0 N–H and O–H groups in total. The Kier molecular flexibility index (Phi) is 4.46. The van der Waals surface area contributed by atoms with Crippen LogP contribution in [0.2, 0.25) is 0 Å². The van der Waals surface area contributed by atoms with Crippen LogP contribution in [0.25, 0.3) is 11.0 Å². The van der Waals surface area contributed by atoms with E-state index in [1.807, 2.05) is 24.3 Å². The molecule has 0 saturated heterocycles. The lowest BCUT2D eigenvalue weighted by molar-refractivity contribution is 0.349. The lowest BCUT2D eigenvalue weighted by Crippen LogP contribution is -2.29. The summed E-state index contributed by atoms with van der Waals surface area (Å²) in [6.07, 6.45) is 4.72. The van der Waals surface area contributed by atoms with Crippen molar-refractivity contribution in [1.29, 1.82) is 0 Å². The number of ether oxygens (including phenoxy) is 3. The molecular weight excluding hydrogens is 366 g/mol. The van der Waals surface area contributed by atoms with Gasteiger partial charge in [0.05, 0.1) is 27.4 Å². The molecule has 0 spiro atoms. The normalized spacial score (nSPS) is 20.6. The highest BCUT2D eigenvalue weighted by molar-refractivity contribution is 6.14. The third-order valence-electron chi connectivity index (χ3n) is 6.19. The van der Waals surface area contributed by atoms with Crippen molar-refractivity contribution in [1.82, 2.24) is 0 Å².